The summed E-state index contributed by atoms with van der Waals surface area (Å²) < 4.78 is 15.4. The van der Waals surface area contributed by atoms with E-state index in [9.17, 15) is 4.39 Å². The molecular formula is C13H10BFN4O2. The van der Waals surface area contributed by atoms with Crippen molar-refractivity contribution in [3.63, 3.8) is 0 Å². The SMILES string of the molecule is OB(O)c1ccc(-n2nnnc2-c2ccccc2)c(F)c1. The van der Waals surface area contributed by atoms with Crippen LogP contribution < -0.4 is 5.46 Å². The molecule has 0 unspecified atom stereocenters. The van der Waals surface area contributed by atoms with Gasteiger partial charge in [-0.15, -0.1) is 5.10 Å². The molecule has 1 heterocycles. The van der Waals surface area contributed by atoms with Crippen molar-refractivity contribution in [3.8, 4) is 17.1 Å². The Morgan fingerprint density at radius 3 is 2.48 bits per heavy atom. The Morgan fingerprint density at radius 1 is 1.05 bits per heavy atom. The number of nitrogens with zero attached hydrogens (tertiary/aromatic N) is 4. The highest BCUT2D eigenvalue weighted by molar-refractivity contribution is 6.58. The van der Waals surface area contributed by atoms with E-state index in [-0.39, 0.29) is 11.2 Å². The number of aromatic nitrogens is 4. The number of halogens is 1. The predicted octanol–water partition coefficient (Wildman–Crippen LogP) is 0.148. The zero-order chi connectivity index (χ0) is 14.8. The van der Waals surface area contributed by atoms with Crippen LogP contribution in [-0.2, 0) is 0 Å². The third-order valence-corrected chi connectivity index (χ3v) is 3.00. The number of rotatable bonds is 3. The summed E-state index contributed by atoms with van der Waals surface area (Å²) in [6, 6.07) is 13.0. The molecule has 0 spiro atoms. The summed E-state index contributed by atoms with van der Waals surface area (Å²) >= 11 is 0. The topological polar surface area (TPSA) is 84.1 Å². The zero-order valence-electron chi connectivity index (χ0n) is 10.8. The first kappa shape index (κ1) is 13.4. The smallest absolute Gasteiger partial charge is 0.423 e. The molecule has 0 saturated carbocycles. The van der Waals surface area contributed by atoms with Gasteiger partial charge in [-0.25, -0.2) is 4.39 Å². The largest absolute Gasteiger partial charge is 0.488 e. The van der Waals surface area contributed by atoms with Crippen LogP contribution in [0.1, 0.15) is 0 Å². The average molecular weight is 284 g/mol. The molecule has 0 aliphatic heterocycles. The predicted molar refractivity (Wildman–Crippen MR) is 74.4 cm³/mol. The maximum Gasteiger partial charge on any atom is 0.488 e. The van der Waals surface area contributed by atoms with E-state index in [4.69, 9.17) is 10.0 Å². The molecule has 0 fully saturated rings. The van der Waals surface area contributed by atoms with Crippen LogP contribution in [0.4, 0.5) is 4.39 Å². The molecule has 2 N–H and O–H groups in total. The summed E-state index contributed by atoms with van der Waals surface area (Å²) in [6.07, 6.45) is 0. The van der Waals surface area contributed by atoms with Crippen molar-refractivity contribution in [1.82, 2.24) is 20.2 Å². The van der Waals surface area contributed by atoms with Crippen LogP contribution in [0.3, 0.4) is 0 Å². The van der Waals surface area contributed by atoms with E-state index in [0.29, 0.717) is 5.82 Å². The van der Waals surface area contributed by atoms with Gasteiger partial charge in [0.1, 0.15) is 11.5 Å². The van der Waals surface area contributed by atoms with Gasteiger partial charge in [0.25, 0.3) is 0 Å². The maximum absolute atomic E-state index is 14.1. The molecule has 0 atom stereocenters. The number of hydrogen-bond donors (Lipinski definition) is 2. The van der Waals surface area contributed by atoms with Crippen LogP contribution in [0, 0.1) is 5.82 Å². The molecule has 0 bridgehead atoms. The first-order valence-electron chi connectivity index (χ1n) is 6.16. The van der Waals surface area contributed by atoms with Crippen molar-refractivity contribution in [2.75, 3.05) is 0 Å². The second-order valence-corrected chi connectivity index (χ2v) is 4.36. The van der Waals surface area contributed by atoms with Gasteiger partial charge in [0, 0.05) is 5.56 Å². The lowest BCUT2D eigenvalue weighted by atomic mass is 9.80. The Kier molecular flexibility index (Phi) is 3.47. The van der Waals surface area contributed by atoms with Crippen LogP contribution in [0.2, 0.25) is 0 Å². The van der Waals surface area contributed by atoms with E-state index in [0.717, 1.165) is 11.6 Å². The summed E-state index contributed by atoms with van der Waals surface area (Å²) in [6.45, 7) is 0. The van der Waals surface area contributed by atoms with Crippen molar-refractivity contribution in [2.24, 2.45) is 0 Å². The van der Waals surface area contributed by atoms with Gasteiger partial charge >= 0.3 is 7.12 Å². The summed E-state index contributed by atoms with van der Waals surface area (Å²) in [7, 11) is -1.73. The molecule has 0 saturated heterocycles. The number of tetrazole rings is 1. The number of benzene rings is 2. The minimum Gasteiger partial charge on any atom is -0.423 e. The highest BCUT2D eigenvalue weighted by Gasteiger charge is 2.17. The van der Waals surface area contributed by atoms with Crippen molar-refractivity contribution in [1.29, 1.82) is 0 Å². The molecule has 0 amide bonds. The first-order valence-corrected chi connectivity index (χ1v) is 6.16. The first-order chi connectivity index (χ1) is 10.2. The molecule has 0 aliphatic rings. The second kappa shape index (κ2) is 5.43. The van der Waals surface area contributed by atoms with Gasteiger partial charge in [0.2, 0.25) is 0 Å². The van der Waals surface area contributed by atoms with Gasteiger partial charge in [-0.1, -0.05) is 36.4 Å². The normalized spacial score (nSPS) is 10.6. The third kappa shape index (κ3) is 2.54. The third-order valence-electron chi connectivity index (χ3n) is 3.00. The molecule has 0 radical (unpaired) electrons. The maximum atomic E-state index is 14.1. The van der Waals surface area contributed by atoms with E-state index >= 15 is 0 Å². The lowest BCUT2D eigenvalue weighted by molar-refractivity contribution is 0.425. The van der Waals surface area contributed by atoms with Crippen LogP contribution in [-0.4, -0.2) is 37.4 Å². The van der Waals surface area contributed by atoms with E-state index in [1.165, 1.54) is 16.8 Å². The standard InChI is InChI=1S/C13H10BFN4O2/c15-11-8-10(14(20)21)6-7-12(11)19-13(16-17-18-19)9-4-2-1-3-5-9/h1-8,20-21H. The highest BCUT2D eigenvalue weighted by atomic mass is 19.1. The minimum absolute atomic E-state index is 0.0607. The Morgan fingerprint density at radius 2 is 1.81 bits per heavy atom. The van der Waals surface area contributed by atoms with Crippen LogP contribution in [0.25, 0.3) is 17.1 Å². The Balaban J connectivity index is 2.09. The van der Waals surface area contributed by atoms with Crippen molar-refractivity contribution >= 4 is 12.6 Å². The Bertz CT molecular complexity index is 764. The monoisotopic (exact) mass is 284 g/mol. The Hall–Kier alpha value is -2.58. The molecule has 104 valence electrons. The van der Waals surface area contributed by atoms with Gasteiger partial charge in [-0.05, 0) is 28.0 Å². The molecule has 8 heteroatoms. The molecule has 0 aliphatic carbocycles. The fourth-order valence-corrected chi connectivity index (χ4v) is 1.97. The molecule has 21 heavy (non-hydrogen) atoms. The summed E-state index contributed by atoms with van der Waals surface area (Å²) in [5.41, 5.74) is 0.932. The second-order valence-electron chi connectivity index (χ2n) is 4.36. The van der Waals surface area contributed by atoms with Crippen molar-refractivity contribution in [3.05, 3.63) is 54.3 Å². The van der Waals surface area contributed by atoms with Gasteiger partial charge in [0.05, 0.1) is 0 Å². The van der Waals surface area contributed by atoms with Gasteiger partial charge < -0.3 is 10.0 Å². The molecule has 2 aromatic carbocycles. The van der Waals surface area contributed by atoms with E-state index < -0.39 is 12.9 Å². The van der Waals surface area contributed by atoms with E-state index in [1.807, 2.05) is 30.3 Å². The lowest BCUT2D eigenvalue weighted by Gasteiger charge is -2.07. The van der Waals surface area contributed by atoms with Crippen LogP contribution in [0.5, 0.6) is 0 Å². The van der Waals surface area contributed by atoms with Crippen molar-refractivity contribution in [2.45, 2.75) is 0 Å². The van der Waals surface area contributed by atoms with E-state index in [1.54, 1.807) is 0 Å². The average Bonchev–Trinajstić information content (AvgIpc) is 2.97. The highest BCUT2D eigenvalue weighted by Crippen LogP contribution is 2.20. The lowest BCUT2D eigenvalue weighted by Crippen LogP contribution is -2.30. The van der Waals surface area contributed by atoms with Gasteiger partial charge in [-0.3, -0.25) is 0 Å². The minimum atomic E-state index is -1.73. The molecule has 3 aromatic rings. The molecule has 3 rings (SSSR count). The molecule has 6 nitrogen and oxygen atoms in total. The molecule has 1 aromatic heterocycles. The fraction of sp³-hybridized carbons (Fsp3) is 0. The molecular weight excluding hydrogens is 274 g/mol. The van der Waals surface area contributed by atoms with Gasteiger partial charge in [0.15, 0.2) is 5.82 Å². The summed E-state index contributed by atoms with van der Waals surface area (Å²) in [4.78, 5) is 0. The van der Waals surface area contributed by atoms with Crippen LogP contribution >= 0.6 is 0 Å². The van der Waals surface area contributed by atoms with Crippen molar-refractivity contribution < 1.29 is 14.4 Å². The Labute approximate surface area is 119 Å². The van der Waals surface area contributed by atoms with Gasteiger partial charge in [-0.2, -0.15) is 4.68 Å². The summed E-state index contributed by atoms with van der Waals surface area (Å²) in [5.74, 6) is -0.253. The van der Waals surface area contributed by atoms with E-state index in [2.05, 4.69) is 15.5 Å². The summed E-state index contributed by atoms with van der Waals surface area (Å²) in [5, 5.41) is 29.3. The van der Waals surface area contributed by atoms with Crippen LogP contribution in [0.15, 0.2) is 48.5 Å². The quantitative estimate of drug-likeness (QED) is 0.669. The fourth-order valence-electron chi connectivity index (χ4n) is 1.97. The zero-order valence-corrected chi connectivity index (χ0v) is 10.8. The number of hydrogen-bond acceptors (Lipinski definition) is 5.